The van der Waals surface area contributed by atoms with Crippen molar-refractivity contribution in [3.8, 4) is 0 Å². The minimum Gasteiger partial charge on any atom is -0.336 e. The monoisotopic (exact) mass is 393 g/mol. The molecule has 0 N–H and O–H groups in total. The summed E-state index contributed by atoms with van der Waals surface area (Å²) in [6.07, 6.45) is 0. The van der Waals surface area contributed by atoms with Crippen LogP contribution in [0.4, 0.5) is 10.1 Å². The molecule has 0 spiro atoms. The number of sulfonamides is 1. The van der Waals surface area contributed by atoms with E-state index in [1.807, 2.05) is 0 Å². The second kappa shape index (κ2) is 7.41. The van der Waals surface area contributed by atoms with Gasteiger partial charge in [0.1, 0.15) is 10.7 Å². The Balaban J connectivity index is 1.69. The second-order valence-corrected chi connectivity index (χ2v) is 7.84. The Kier molecular flexibility index (Phi) is 5.19. The van der Waals surface area contributed by atoms with E-state index in [1.165, 1.54) is 47.4 Å². The molecule has 27 heavy (non-hydrogen) atoms. The highest BCUT2D eigenvalue weighted by Crippen LogP contribution is 2.21. The zero-order valence-corrected chi connectivity index (χ0v) is 14.9. The van der Waals surface area contributed by atoms with Gasteiger partial charge in [0, 0.05) is 43.9 Å². The molecule has 0 aliphatic carbocycles. The lowest BCUT2D eigenvalue weighted by Crippen LogP contribution is -2.50. The number of carbonyl (C=O) groups excluding carboxylic acids is 1. The van der Waals surface area contributed by atoms with Gasteiger partial charge in [-0.15, -0.1) is 0 Å². The van der Waals surface area contributed by atoms with Gasteiger partial charge in [0.05, 0.1) is 4.92 Å². The Morgan fingerprint density at radius 1 is 1.00 bits per heavy atom. The van der Waals surface area contributed by atoms with E-state index in [4.69, 9.17) is 0 Å². The fourth-order valence-corrected chi connectivity index (χ4v) is 4.32. The lowest BCUT2D eigenvalue weighted by atomic mass is 10.1. The van der Waals surface area contributed by atoms with Gasteiger partial charge in [-0.25, -0.2) is 12.8 Å². The van der Waals surface area contributed by atoms with Crippen LogP contribution in [0, 0.1) is 15.9 Å². The van der Waals surface area contributed by atoms with E-state index < -0.39 is 20.8 Å². The van der Waals surface area contributed by atoms with Crippen LogP contribution in [0.3, 0.4) is 0 Å². The molecule has 0 atom stereocenters. The van der Waals surface area contributed by atoms with Crippen LogP contribution in [0.15, 0.2) is 53.4 Å². The number of rotatable bonds is 4. The van der Waals surface area contributed by atoms with Crippen LogP contribution in [0.2, 0.25) is 0 Å². The summed E-state index contributed by atoms with van der Waals surface area (Å²) in [5.74, 6) is -1.16. The molecule has 0 unspecified atom stereocenters. The average Bonchev–Trinajstić information content (AvgIpc) is 2.68. The summed E-state index contributed by atoms with van der Waals surface area (Å²) >= 11 is 0. The van der Waals surface area contributed by atoms with E-state index in [9.17, 15) is 27.7 Å². The molecule has 3 rings (SSSR count). The maximum atomic E-state index is 13.8. The van der Waals surface area contributed by atoms with Crippen molar-refractivity contribution in [3.05, 3.63) is 70.0 Å². The first kappa shape index (κ1) is 18.9. The number of nitrogens with zero attached hydrogens (tertiary/aromatic N) is 3. The summed E-state index contributed by atoms with van der Waals surface area (Å²) in [6, 6.07) is 10.4. The molecule has 1 aliphatic heterocycles. The third-order valence-corrected chi connectivity index (χ3v) is 6.24. The molecule has 8 nitrogen and oxygen atoms in total. The number of benzene rings is 2. The van der Waals surface area contributed by atoms with Crippen molar-refractivity contribution in [2.75, 3.05) is 26.2 Å². The summed E-state index contributed by atoms with van der Waals surface area (Å²) in [6.45, 7) is 0.359. The number of piperazine rings is 1. The molecule has 1 saturated heterocycles. The van der Waals surface area contributed by atoms with Crippen molar-refractivity contribution in [3.63, 3.8) is 0 Å². The number of nitro groups is 1. The standard InChI is InChI=1S/C17H16FN3O5S/c18-15-3-1-2-4-16(15)27(25,26)20-11-9-19(10-12-20)17(22)13-5-7-14(8-6-13)21(23)24/h1-8H,9-12H2. The van der Waals surface area contributed by atoms with E-state index in [2.05, 4.69) is 0 Å². The van der Waals surface area contributed by atoms with E-state index >= 15 is 0 Å². The minimum atomic E-state index is -3.98. The van der Waals surface area contributed by atoms with Gasteiger partial charge in [0.2, 0.25) is 10.0 Å². The third-order valence-electron chi connectivity index (χ3n) is 4.31. The smallest absolute Gasteiger partial charge is 0.269 e. The lowest BCUT2D eigenvalue weighted by molar-refractivity contribution is -0.384. The molecule has 1 amide bonds. The van der Waals surface area contributed by atoms with Crippen molar-refractivity contribution < 1.29 is 22.5 Å². The van der Waals surface area contributed by atoms with Crippen molar-refractivity contribution in [2.45, 2.75) is 4.90 Å². The van der Waals surface area contributed by atoms with Crippen molar-refractivity contribution >= 4 is 21.6 Å². The number of amides is 1. The minimum absolute atomic E-state index is 0.0371. The van der Waals surface area contributed by atoms with Crippen molar-refractivity contribution in [1.82, 2.24) is 9.21 Å². The summed E-state index contributed by atoms with van der Waals surface area (Å²) in [4.78, 5) is 23.7. The molecule has 1 fully saturated rings. The predicted octanol–water partition coefficient (Wildman–Crippen LogP) is 1.88. The quantitative estimate of drug-likeness (QED) is 0.583. The number of halogens is 1. The van der Waals surface area contributed by atoms with Crippen LogP contribution in [0.5, 0.6) is 0 Å². The molecule has 10 heteroatoms. The fourth-order valence-electron chi connectivity index (χ4n) is 2.83. The van der Waals surface area contributed by atoms with Crippen LogP contribution in [0.1, 0.15) is 10.4 Å². The van der Waals surface area contributed by atoms with Crippen LogP contribution in [0.25, 0.3) is 0 Å². The number of carbonyl (C=O) groups is 1. The summed E-state index contributed by atoms with van der Waals surface area (Å²) < 4.78 is 40.1. The number of nitro benzene ring substituents is 1. The Labute approximate surface area is 155 Å². The topological polar surface area (TPSA) is 101 Å². The Morgan fingerprint density at radius 3 is 2.15 bits per heavy atom. The summed E-state index contributed by atoms with van der Waals surface area (Å²) in [7, 11) is -3.98. The van der Waals surface area contributed by atoms with Crippen LogP contribution < -0.4 is 0 Å². The highest BCUT2D eigenvalue weighted by molar-refractivity contribution is 7.89. The maximum Gasteiger partial charge on any atom is 0.269 e. The maximum absolute atomic E-state index is 13.8. The molecule has 2 aromatic carbocycles. The molecule has 142 valence electrons. The molecule has 0 saturated carbocycles. The molecule has 1 aliphatic rings. The molecule has 2 aromatic rings. The molecule has 0 bridgehead atoms. The van der Waals surface area contributed by atoms with Gasteiger partial charge < -0.3 is 4.90 Å². The van der Waals surface area contributed by atoms with E-state index in [0.29, 0.717) is 0 Å². The highest BCUT2D eigenvalue weighted by Gasteiger charge is 2.32. The van der Waals surface area contributed by atoms with E-state index in [-0.39, 0.29) is 48.2 Å². The van der Waals surface area contributed by atoms with Gasteiger partial charge in [-0.1, -0.05) is 12.1 Å². The summed E-state index contributed by atoms with van der Waals surface area (Å²) in [5.41, 5.74) is 0.165. The first-order valence-electron chi connectivity index (χ1n) is 8.09. The van der Waals surface area contributed by atoms with E-state index in [0.717, 1.165) is 10.4 Å². The molecular weight excluding hydrogens is 377 g/mol. The summed E-state index contributed by atoms with van der Waals surface area (Å²) in [5, 5.41) is 10.7. The number of hydrogen-bond donors (Lipinski definition) is 0. The third kappa shape index (κ3) is 3.81. The second-order valence-electron chi connectivity index (χ2n) is 5.93. The molecular formula is C17H16FN3O5S. The predicted molar refractivity (Wildman–Crippen MR) is 94.2 cm³/mol. The molecule has 1 heterocycles. The first-order valence-corrected chi connectivity index (χ1v) is 9.53. The molecule has 0 radical (unpaired) electrons. The van der Waals surface area contributed by atoms with Gasteiger partial charge in [0.15, 0.2) is 0 Å². The average molecular weight is 393 g/mol. The van der Waals surface area contributed by atoms with Gasteiger partial charge >= 0.3 is 0 Å². The fraction of sp³-hybridized carbons (Fsp3) is 0.235. The number of hydrogen-bond acceptors (Lipinski definition) is 5. The Morgan fingerprint density at radius 2 is 1.59 bits per heavy atom. The highest BCUT2D eigenvalue weighted by atomic mass is 32.2. The van der Waals surface area contributed by atoms with Crippen LogP contribution >= 0.6 is 0 Å². The SMILES string of the molecule is O=C(c1ccc([N+](=O)[O-])cc1)N1CCN(S(=O)(=O)c2ccccc2F)CC1. The van der Waals surface area contributed by atoms with Gasteiger partial charge in [0.25, 0.3) is 11.6 Å². The zero-order valence-electron chi connectivity index (χ0n) is 14.1. The Bertz CT molecular complexity index is 970. The molecule has 0 aromatic heterocycles. The van der Waals surface area contributed by atoms with Crippen molar-refractivity contribution in [1.29, 1.82) is 0 Å². The van der Waals surface area contributed by atoms with E-state index in [1.54, 1.807) is 0 Å². The van der Waals surface area contributed by atoms with Crippen molar-refractivity contribution in [2.24, 2.45) is 0 Å². The number of non-ortho nitro benzene ring substituents is 1. The Hall–Kier alpha value is -2.85. The largest absolute Gasteiger partial charge is 0.336 e. The normalized spacial score (nSPS) is 15.5. The van der Waals surface area contributed by atoms with Crippen LogP contribution in [-0.4, -0.2) is 54.6 Å². The lowest BCUT2D eigenvalue weighted by Gasteiger charge is -2.34. The van der Waals surface area contributed by atoms with Gasteiger partial charge in [-0.3, -0.25) is 14.9 Å². The van der Waals surface area contributed by atoms with Gasteiger partial charge in [-0.05, 0) is 24.3 Å². The van der Waals surface area contributed by atoms with Gasteiger partial charge in [-0.2, -0.15) is 4.31 Å². The van der Waals surface area contributed by atoms with Crippen LogP contribution in [-0.2, 0) is 10.0 Å². The zero-order chi connectivity index (χ0) is 19.6. The first-order chi connectivity index (χ1) is 12.8.